The summed E-state index contributed by atoms with van der Waals surface area (Å²) in [5, 5.41) is 9.91. The van der Waals surface area contributed by atoms with E-state index in [0.29, 0.717) is 18.1 Å². The molecule has 0 spiro atoms. The summed E-state index contributed by atoms with van der Waals surface area (Å²) in [6.45, 7) is 7.24. The number of benzene rings is 1. The molecular formula is C20H26ClNO5S. The number of nitrogens with zero attached hydrogens (tertiary/aromatic N) is 1. The molecule has 1 saturated heterocycles. The predicted molar refractivity (Wildman–Crippen MR) is 111 cm³/mol. The summed E-state index contributed by atoms with van der Waals surface area (Å²) in [7, 11) is 0. The summed E-state index contributed by atoms with van der Waals surface area (Å²) >= 11 is 7.68. The number of carbonyl (C=O) groups is 2. The molecule has 1 aliphatic heterocycles. The van der Waals surface area contributed by atoms with Gasteiger partial charge >= 0.3 is 12.1 Å². The molecule has 0 aromatic heterocycles. The molecule has 2 rings (SSSR count). The van der Waals surface area contributed by atoms with Crippen LogP contribution in [0, 0.1) is 0 Å². The Morgan fingerprint density at radius 3 is 2.68 bits per heavy atom. The molecule has 0 aliphatic carbocycles. The van der Waals surface area contributed by atoms with Gasteiger partial charge in [-0.3, -0.25) is 4.90 Å². The van der Waals surface area contributed by atoms with Crippen LogP contribution in [0.4, 0.5) is 4.79 Å². The quantitative estimate of drug-likeness (QED) is 0.388. The number of likely N-dealkylation sites (tertiary alicyclic amines) is 1. The molecule has 1 aromatic rings. The predicted octanol–water partition coefficient (Wildman–Crippen LogP) is 4.57. The van der Waals surface area contributed by atoms with Crippen LogP contribution in [0.5, 0.6) is 0 Å². The Bertz CT molecular complexity index is 724. The zero-order valence-electron chi connectivity index (χ0n) is 16.3. The van der Waals surface area contributed by atoms with Crippen LogP contribution in [0.3, 0.4) is 0 Å². The van der Waals surface area contributed by atoms with E-state index in [4.69, 9.17) is 21.1 Å². The summed E-state index contributed by atoms with van der Waals surface area (Å²) in [4.78, 5) is 25.1. The van der Waals surface area contributed by atoms with Gasteiger partial charge in [0.1, 0.15) is 5.44 Å². The van der Waals surface area contributed by atoms with Gasteiger partial charge in [0.05, 0.1) is 6.10 Å². The summed E-state index contributed by atoms with van der Waals surface area (Å²) in [5.41, 5.74) is 1.37. The van der Waals surface area contributed by atoms with Crippen molar-refractivity contribution in [2.75, 3.05) is 13.1 Å². The van der Waals surface area contributed by atoms with Gasteiger partial charge in [0.2, 0.25) is 0 Å². The second kappa shape index (κ2) is 10.7. The molecule has 154 valence electrons. The van der Waals surface area contributed by atoms with Crippen LogP contribution in [-0.2, 0) is 20.8 Å². The van der Waals surface area contributed by atoms with Crippen LogP contribution >= 0.6 is 23.4 Å². The van der Waals surface area contributed by atoms with Gasteiger partial charge in [0, 0.05) is 36.0 Å². The Hall–Kier alpha value is -1.70. The van der Waals surface area contributed by atoms with Crippen molar-refractivity contribution in [3.63, 3.8) is 0 Å². The van der Waals surface area contributed by atoms with E-state index in [2.05, 4.69) is 4.90 Å². The van der Waals surface area contributed by atoms with Gasteiger partial charge in [-0.25, -0.2) is 9.59 Å². The third kappa shape index (κ3) is 7.37. The lowest BCUT2D eigenvalue weighted by Crippen LogP contribution is -2.37. The molecule has 6 nitrogen and oxygen atoms in total. The number of carbonyl (C=O) groups excluding carboxylic acids is 1. The topological polar surface area (TPSA) is 76.1 Å². The molecule has 0 amide bonds. The monoisotopic (exact) mass is 427 g/mol. The van der Waals surface area contributed by atoms with Crippen molar-refractivity contribution >= 4 is 35.5 Å². The van der Waals surface area contributed by atoms with Gasteiger partial charge < -0.3 is 14.6 Å². The first-order valence-corrected chi connectivity index (χ1v) is 10.5. The van der Waals surface area contributed by atoms with Crippen LogP contribution in [-0.4, -0.2) is 52.0 Å². The summed E-state index contributed by atoms with van der Waals surface area (Å²) in [6.07, 6.45) is 1.05. The summed E-state index contributed by atoms with van der Waals surface area (Å²) in [6, 6.07) is 7.64. The van der Waals surface area contributed by atoms with Crippen LogP contribution in [0.25, 0.3) is 0 Å². The number of piperidine rings is 1. The van der Waals surface area contributed by atoms with Gasteiger partial charge in [-0.1, -0.05) is 29.8 Å². The lowest BCUT2D eigenvalue weighted by Gasteiger charge is -2.35. The van der Waals surface area contributed by atoms with Crippen molar-refractivity contribution in [1.82, 2.24) is 4.90 Å². The van der Waals surface area contributed by atoms with E-state index in [1.807, 2.05) is 24.3 Å². The average Bonchev–Trinajstić information content (AvgIpc) is 2.58. The van der Waals surface area contributed by atoms with Crippen molar-refractivity contribution in [3.8, 4) is 0 Å². The first-order valence-electron chi connectivity index (χ1n) is 9.16. The molecule has 1 fully saturated rings. The number of carboxylic acids is 1. The normalized spacial score (nSPS) is 20.2. The number of carboxylic acid groups (broad SMARTS) is 1. The Balaban J connectivity index is 1.99. The van der Waals surface area contributed by atoms with Gasteiger partial charge in [0.25, 0.3) is 0 Å². The Morgan fingerprint density at radius 1 is 1.32 bits per heavy atom. The smallest absolute Gasteiger partial charge is 0.478 e. The van der Waals surface area contributed by atoms with Crippen LogP contribution in [0.15, 0.2) is 35.9 Å². The first-order chi connectivity index (χ1) is 13.2. The number of hydrogen-bond acceptors (Lipinski definition) is 6. The highest BCUT2D eigenvalue weighted by atomic mass is 35.5. The summed E-state index contributed by atoms with van der Waals surface area (Å²) in [5.74, 6) is -0.979. The molecule has 1 N–H and O–H groups in total. The number of hydrogen-bond donors (Lipinski definition) is 1. The zero-order chi connectivity index (χ0) is 20.7. The molecule has 0 saturated carbocycles. The third-order valence-electron chi connectivity index (χ3n) is 4.14. The number of thioether (sulfide) groups is 1. The van der Waals surface area contributed by atoms with Crippen LogP contribution < -0.4 is 0 Å². The molecule has 1 aromatic carbocycles. The van der Waals surface area contributed by atoms with Crippen molar-refractivity contribution < 1.29 is 24.2 Å². The van der Waals surface area contributed by atoms with E-state index < -0.39 is 17.6 Å². The van der Waals surface area contributed by atoms with Gasteiger partial charge in [-0.15, -0.1) is 11.8 Å². The number of rotatable bonds is 7. The van der Waals surface area contributed by atoms with E-state index in [0.717, 1.165) is 24.1 Å². The molecule has 8 heteroatoms. The average molecular weight is 428 g/mol. The van der Waals surface area contributed by atoms with Crippen molar-refractivity contribution in [1.29, 1.82) is 0 Å². The van der Waals surface area contributed by atoms with Crippen molar-refractivity contribution in [2.24, 2.45) is 0 Å². The number of aliphatic carboxylic acids is 1. The van der Waals surface area contributed by atoms with Crippen LogP contribution in [0.1, 0.15) is 32.8 Å². The second-order valence-electron chi connectivity index (χ2n) is 6.88. The Labute approximate surface area is 174 Å². The number of halogens is 1. The Kier molecular flexibility index (Phi) is 8.66. The SMILES string of the molecule is CC(C)OC(=O)OC(C)SC1CCN(Cc2ccccc2Cl)C/C1=C\C(=O)O. The largest absolute Gasteiger partial charge is 0.509 e. The van der Waals surface area contributed by atoms with E-state index in [-0.39, 0.29) is 11.4 Å². The van der Waals surface area contributed by atoms with E-state index in [1.165, 1.54) is 17.8 Å². The fourth-order valence-corrected chi connectivity index (χ4v) is 4.35. The van der Waals surface area contributed by atoms with Gasteiger partial charge in [-0.2, -0.15) is 0 Å². The van der Waals surface area contributed by atoms with Crippen molar-refractivity contribution in [2.45, 2.75) is 50.5 Å². The Morgan fingerprint density at radius 2 is 2.04 bits per heavy atom. The zero-order valence-corrected chi connectivity index (χ0v) is 17.8. The fraction of sp³-hybridized carbons (Fsp3) is 0.500. The molecule has 0 bridgehead atoms. The maximum absolute atomic E-state index is 11.7. The van der Waals surface area contributed by atoms with E-state index >= 15 is 0 Å². The fourth-order valence-electron chi connectivity index (χ4n) is 2.99. The number of ether oxygens (including phenoxy) is 2. The molecule has 28 heavy (non-hydrogen) atoms. The second-order valence-corrected chi connectivity index (χ2v) is 8.79. The summed E-state index contributed by atoms with van der Waals surface area (Å²) < 4.78 is 10.2. The molecule has 0 radical (unpaired) electrons. The van der Waals surface area contributed by atoms with E-state index in [1.54, 1.807) is 20.8 Å². The third-order valence-corrected chi connectivity index (χ3v) is 5.85. The maximum atomic E-state index is 11.7. The standard InChI is InChI=1S/C20H26ClNO5S/c1-13(2)26-20(25)27-14(3)28-18-8-9-22(12-16(18)10-19(23)24)11-15-6-4-5-7-17(15)21/h4-7,10,13-14,18H,8-9,11-12H2,1-3H3,(H,23,24)/b16-10+. The minimum absolute atomic E-state index is 0.0413. The molecule has 1 aliphatic rings. The van der Waals surface area contributed by atoms with Crippen LogP contribution in [0.2, 0.25) is 5.02 Å². The molecule has 2 unspecified atom stereocenters. The minimum atomic E-state index is -0.979. The van der Waals surface area contributed by atoms with Crippen molar-refractivity contribution in [3.05, 3.63) is 46.5 Å². The highest BCUT2D eigenvalue weighted by Gasteiger charge is 2.28. The van der Waals surface area contributed by atoms with Gasteiger partial charge in [0.15, 0.2) is 0 Å². The highest BCUT2D eigenvalue weighted by Crippen LogP contribution is 2.32. The lowest BCUT2D eigenvalue weighted by atomic mass is 10.0. The maximum Gasteiger partial charge on any atom is 0.509 e. The highest BCUT2D eigenvalue weighted by molar-refractivity contribution is 8.00. The van der Waals surface area contributed by atoms with Gasteiger partial charge in [-0.05, 0) is 44.4 Å². The molecule has 1 heterocycles. The molecular weight excluding hydrogens is 402 g/mol. The minimum Gasteiger partial charge on any atom is -0.478 e. The first kappa shape index (κ1) is 22.6. The molecule has 2 atom stereocenters. The van der Waals surface area contributed by atoms with E-state index in [9.17, 15) is 14.7 Å². The lowest BCUT2D eigenvalue weighted by molar-refractivity contribution is -0.131.